The van der Waals surface area contributed by atoms with E-state index >= 15 is 0 Å². The first kappa shape index (κ1) is 22.4. The number of rotatable bonds is 6. The molecule has 0 aliphatic rings. The van der Waals surface area contributed by atoms with Gasteiger partial charge >= 0.3 is 5.97 Å². The molecule has 0 fully saturated rings. The lowest BCUT2D eigenvalue weighted by atomic mass is 10.2. The van der Waals surface area contributed by atoms with Gasteiger partial charge in [0, 0.05) is 16.2 Å². The number of hydrogen-bond donors (Lipinski definition) is 0. The molecule has 0 spiro atoms. The second-order valence-electron chi connectivity index (χ2n) is 6.24. The van der Waals surface area contributed by atoms with E-state index in [9.17, 15) is 19.1 Å². The maximum Gasteiger partial charge on any atom is 0.343 e. The van der Waals surface area contributed by atoms with Crippen molar-refractivity contribution in [2.75, 3.05) is 6.26 Å². The molecule has 0 saturated heterocycles. The Bertz CT molecular complexity index is 1300. The SMILES string of the molecule is CS(=O)(=NC=C(C#N)C(=O)c1cccs1)c1ccc(OC(=O)c2ccc(Cl)cc2)cc1. The molecule has 0 amide bonds. The van der Waals surface area contributed by atoms with Crippen molar-refractivity contribution in [1.29, 1.82) is 5.26 Å². The van der Waals surface area contributed by atoms with E-state index in [1.807, 2.05) is 0 Å². The molecule has 1 heterocycles. The lowest BCUT2D eigenvalue weighted by Gasteiger charge is -2.07. The van der Waals surface area contributed by atoms with Crippen molar-refractivity contribution in [1.82, 2.24) is 0 Å². The third-order valence-corrected chi connectivity index (χ3v) is 6.82. The Labute approximate surface area is 188 Å². The molecule has 31 heavy (non-hydrogen) atoms. The second-order valence-corrected chi connectivity index (χ2v) is 9.91. The summed E-state index contributed by atoms with van der Waals surface area (Å²) in [5, 5.41) is 11.5. The zero-order chi connectivity index (χ0) is 22.4. The first-order chi connectivity index (χ1) is 14.8. The van der Waals surface area contributed by atoms with Gasteiger partial charge in [-0.15, -0.1) is 11.3 Å². The van der Waals surface area contributed by atoms with Gasteiger partial charge in [0.1, 0.15) is 17.4 Å². The highest BCUT2D eigenvalue weighted by Crippen LogP contribution is 2.20. The molecule has 3 rings (SSSR count). The highest BCUT2D eigenvalue weighted by Gasteiger charge is 2.14. The average molecular weight is 471 g/mol. The molecule has 2 aromatic carbocycles. The Hall–Kier alpha value is -3.25. The van der Waals surface area contributed by atoms with Crippen molar-refractivity contribution in [3.05, 3.63) is 93.3 Å². The second kappa shape index (κ2) is 9.71. The van der Waals surface area contributed by atoms with Crippen LogP contribution in [0.3, 0.4) is 0 Å². The Balaban J connectivity index is 1.78. The van der Waals surface area contributed by atoms with Crippen molar-refractivity contribution in [3.63, 3.8) is 0 Å². The summed E-state index contributed by atoms with van der Waals surface area (Å²) in [6, 6.07) is 17.4. The normalized spacial score (nSPS) is 13.0. The van der Waals surface area contributed by atoms with Crippen LogP contribution in [0.25, 0.3) is 0 Å². The molecular weight excluding hydrogens is 456 g/mol. The van der Waals surface area contributed by atoms with Crippen molar-refractivity contribution >= 4 is 44.4 Å². The summed E-state index contributed by atoms with van der Waals surface area (Å²) in [5.41, 5.74) is 0.137. The van der Waals surface area contributed by atoms with Gasteiger partial charge in [-0.25, -0.2) is 13.4 Å². The van der Waals surface area contributed by atoms with Gasteiger partial charge in [-0.2, -0.15) is 5.26 Å². The number of carbonyl (C=O) groups excluding carboxylic acids is 2. The van der Waals surface area contributed by atoms with Crippen molar-refractivity contribution < 1.29 is 18.5 Å². The first-order valence-electron chi connectivity index (χ1n) is 8.78. The summed E-state index contributed by atoms with van der Waals surface area (Å²) in [7, 11) is -2.93. The highest BCUT2D eigenvalue weighted by atomic mass is 35.5. The van der Waals surface area contributed by atoms with Crippen molar-refractivity contribution in [2.24, 2.45) is 4.36 Å². The van der Waals surface area contributed by atoms with Gasteiger partial charge in [0.05, 0.1) is 26.4 Å². The Morgan fingerprint density at radius 2 is 1.81 bits per heavy atom. The smallest absolute Gasteiger partial charge is 0.343 e. The standard InChI is InChI=1S/C22H15ClN2O4S2/c1-31(28,25-14-16(13-24)21(26)20-3-2-12-30-20)19-10-8-18(9-11-19)29-22(27)15-4-6-17(23)7-5-15/h2-12,14H,1H3. The Morgan fingerprint density at radius 1 is 1.13 bits per heavy atom. The van der Waals surface area contributed by atoms with Crippen LogP contribution >= 0.6 is 22.9 Å². The van der Waals surface area contributed by atoms with E-state index in [1.54, 1.807) is 47.8 Å². The number of carbonyl (C=O) groups is 2. The quantitative estimate of drug-likeness (QED) is 0.159. The molecule has 1 unspecified atom stereocenters. The number of halogens is 1. The lowest BCUT2D eigenvalue weighted by molar-refractivity contribution is 0.0734. The molecule has 6 nitrogen and oxygen atoms in total. The Morgan fingerprint density at radius 3 is 2.39 bits per heavy atom. The maximum atomic E-state index is 13.0. The summed E-state index contributed by atoms with van der Waals surface area (Å²) in [6.07, 6.45) is 2.43. The monoisotopic (exact) mass is 470 g/mol. The van der Waals surface area contributed by atoms with Crippen LogP contribution < -0.4 is 4.74 Å². The van der Waals surface area contributed by atoms with Crippen LogP contribution in [0.4, 0.5) is 0 Å². The number of hydrogen-bond acceptors (Lipinski definition) is 7. The third-order valence-electron chi connectivity index (χ3n) is 4.04. The minimum absolute atomic E-state index is 0.203. The molecule has 0 aliphatic carbocycles. The largest absolute Gasteiger partial charge is 0.423 e. The summed E-state index contributed by atoms with van der Waals surface area (Å²) in [4.78, 5) is 25.2. The van der Waals surface area contributed by atoms with Crippen LogP contribution in [-0.4, -0.2) is 22.2 Å². The Kier molecular flexibility index (Phi) is 7.02. The van der Waals surface area contributed by atoms with Crippen LogP contribution in [0.5, 0.6) is 5.75 Å². The number of nitriles is 1. The number of benzene rings is 2. The molecule has 3 aromatic rings. The van der Waals surface area contributed by atoms with Crippen LogP contribution in [0.15, 0.2) is 87.1 Å². The van der Waals surface area contributed by atoms with Crippen LogP contribution in [0, 0.1) is 11.3 Å². The van der Waals surface area contributed by atoms with E-state index in [-0.39, 0.29) is 11.3 Å². The predicted molar refractivity (Wildman–Crippen MR) is 120 cm³/mol. The highest BCUT2D eigenvalue weighted by molar-refractivity contribution is 7.93. The number of ether oxygens (including phenoxy) is 1. The number of esters is 1. The van der Waals surface area contributed by atoms with Gasteiger partial charge < -0.3 is 4.74 Å². The van der Waals surface area contributed by atoms with Gasteiger partial charge in [-0.05, 0) is 60.0 Å². The van der Waals surface area contributed by atoms with E-state index in [2.05, 4.69) is 4.36 Å². The van der Waals surface area contributed by atoms with Gasteiger partial charge in [0.2, 0.25) is 5.78 Å². The zero-order valence-electron chi connectivity index (χ0n) is 16.2. The fraction of sp³-hybridized carbons (Fsp3) is 0.0455. The summed E-state index contributed by atoms with van der Waals surface area (Å²) in [6.45, 7) is 0. The van der Waals surface area contributed by atoms with Gasteiger partial charge in [0.25, 0.3) is 0 Å². The molecule has 1 aromatic heterocycles. The van der Waals surface area contributed by atoms with E-state index in [0.717, 1.165) is 6.20 Å². The molecule has 156 valence electrons. The van der Waals surface area contributed by atoms with E-state index in [4.69, 9.17) is 16.3 Å². The van der Waals surface area contributed by atoms with Gasteiger partial charge in [-0.3, -0.25) is 4.79 Å². The summed E-state index contributed by atoms with van der Waals surface area (Å²) < 4.78 is 22.2. The molecular formula is C22H15ClN2O4S2. The zero-order valence-corrected chi connectivity index (χ0v) is 18.5. The lowest BCUT2D eigenvalue weighted by Crippen LogP contribution is -2.08. The minimum atomic E-state index is -2.93. The molecule has 1 atom stereocenters. The number of Topliss-reactive ketones (excluding diaryl/α,β-unsaturated/α-hetero) is 1. The summed E-state index contributed by atoms with van der Waals surface area (Å²) in [5.74, 6) is -0.763. The van der Waals surface area contributed by atoms with E-state index < -0.39 is 21.5 Å². The number of nitrogens with zero attached hydrogens (tertiary/aromatic N) is 2. The number of thiophene rings is 1. The van der Waals surface area contributed by atoms with Crippen LogP contribution in [0.1, 0.15) is 20.0 Å². The molecule has 0 bridgehead atoms. The average Bonchev–Trinajstić information content (AvgIpc) is 3.30. The molecule has 9 heteroatoms. The maximum absolute atomic E-state index is 13.0. The van der Waals surface area contributed by atoms with Crippen molar-refractivity contribution in [3.8, 4) is 11.8 Å². The van der Waals surface area contributed by atoms with Gasteiger partial charge in [0.15, 0.2) is 0 Å². The number of allylic oxidation sites excluding steroid dienone is 1. The topological polar surface area (TPSA) is 96.6 Å². The first-order valence-corrected chi connectivity index (χ1v) is 12.0. The van der Waals surface area contributed by atoms with Crippen molar-refractivity contribution in [2.45, 2.75) is 4.90 Å². The van der Waals surface area contributed by atoms with E-state index in [1.165, 1.54) is 41.9 Å². The predicted octanol–water partition coefficient (Wildman–Crippen LogP) is 5.37. The molecule has 0 N–H and O–H groups in total. The summed E-state index contributed by atoms with van der Waals surface area (Å²) >= 11 is 7.01. The molecule has 0 radical (unpaired) electrons. The van der Waals surface area contributed by atoms with Crippen LogP contribution in [-0.2, 0) is 9.73 Å². The fourth-order valence-electron chi connectivity index (χ4n) is 2.41. The van der Waals surface area contributed by atoms with Crippen LogP contribution in [0.2, 0.25) is 5.02 Å². The van der Waals surface area contributed by atoms with E-state index in [0.29, 0.717) is 20.4 Å². The van der Waals surface area contributed by atoms with Gasteiger partial charge in [-0.1, -0.05) is 17.7 Å². The number of ketones is 1. The third kappa shape index (κ3) is 5.67. The fourth-order valence-corrected chi connectivity index (χ4v) is 4.28. The minimum Gasteiger partial charge on any atom is -0.423 e. The molecule has 0 aliphatic heterocycles. The molecule has 0 saturated carbocycles.